The van der Waals surface area contributed by atoms with Crippen LogP contribution in [-0.4, -0.2) is 8.42 Å². The van der Waals surface area contributed by atoms with Crippen LogP contribution in [0.1, 0.15) is 87.8 Å². The van der Waals surface area contributed by atoms with Crippen LogP contribution in [0.25, 0.3) is 11.1 Å². The topological polar surface area (TPSA) is 34.1 Å². The second-order valence-corrected chi connectivity index (χ2v) is 13.5. The molecule has 0 atom stereocenters. The lowest BCUT2D eigenvalue weighted by atomic mass is 9.99. The average Bonchev–Trinajstić information content (AvgIpc) is 3.26. The Kier molecular flexibility index (Phi) is 9.51. The highest BCUT2D eigenvalue weighted by Gasteiger charge is 2.27. The number of fused-ring (bicyclic) bond motifs is 3. The molecular formula is C31H38O2S2. The fourth-order valence-corrected chi connectivity index (χ4v) is 8.35. The molecule has 35 heavy (non-hydrogen) atoms. The molecule has 0 aromatic heterocycles. The first kappa shape index (κ1) is 26.0. The Hall–Kier alpha value is -2.04. The summed E-state index contributed by atoms with van der Waals surface area (Å²) in [6.45, 7) is 2.26. The highest BCUT2D eigenvalue weighted by Crippen LogP contribution is 2.45. The minimum absolute atomic E-state index is 0.378. The smallest absolute Gasteiger partial charge is 0.212 e. The van der Waals surface area contributed by atoms with Gasteiger partial charge in [-0.1, -0.05) is 119 Å². The van der Waals surface area contributed by atoms with E-state index in [0.29, 0.717) is 4.90 Å². The van der Waals surface area contributed by atoms with Crippen molar-refractivity contribution < 1.29 is 8.42 Å². The monoisotopic (exact) mass is 506 g/mol. The van der Waals surface area contributed by atoms with Crippen LogP contribution in [-0.2, 0) is 21.7 Å². The van der Waals surface area contributed by atoms with Gasteiger partial charge < -0.3 is 0 Å². The van der Waals surface area contributed by atoms with Gasteiger partial charge in [0.1, 0.15) is 0 Å². The second-order valence-electron chi connectivity index (χ2n) is 9.70. The van der Waals surface area contributed by atoms with Crippen LogP contribution < -0.4 is 0 Å². The van der Waals surface area contributed by atoms with Gasteiger partial charge in [0.25, 0.3) is 0 Å². The van der Waals surface area contributed by atoms with E-state index in [1.54, 1.807) is 24.3 Å². The molecule has 3 aromatic carbocycles. The summed E-state index contributed by atoms with van der Waals surface area (Å²) in [4.78, 5) is 1.33. The molecule has 2 nitrogen and oxygen atoms in total. The molecule has 0 saturated carbocycles. The van der Waals surface area contributed by atoms with E-state index in [1.165, 1.54) is 85.6 Å². The van der Waals surface area contributed by atoms with Crippen molar-refractivity contribution in [2.75, 3.05) is 0 Å². The van der Waals surface area contributed by atoms with Crippen LogP contribution in [0.2, 0.25) is 0 Å². The van der Waals surface area contributed by atoms with E-state index in [2.05, 4.69) is 43.3 Å². The van der Waals surface area contributed by atoms with Gasteiger partial charge in [0.2, 0.25) is 8.87 Å². The Labute approximate surface area is 215 Å². The summed E-state index contributed by atoms with van der Waals surface area (Å²) in [6.07, 6.45) is 14.8. The van der Waals surface area contributed by atoms with Crippen molar-refractivity contribution in [3.63, 3.8) is 0 Å². The summed E-state index contributed by atoms with van der Waals surface area (Å²) in [6, 6.07) is 21.7. The van der Waals surface area contributed by atoms with Crippen LogP contribution in [0.3, 0.4) is 0 Å². The molecule has 0 unspecified atom stereocenters. The Morgan fingerprint density at radius 2 is 1.31 bits per heavy atom. The van der Waals surface area contributed by atoms with Gasteiger partial charge in [0.15, 0.2) is 0 Å². The molecule has 1 aliphatic rings. The van der Waals surface area contributed by atoms with Crippen molar-refractivity contribution >= 4 is 19.7 Å². The summed E-state index contributed by atoms with van der Waals surface area (Å²) >= 11 is 0. The molecule has 3 aromatic rings. The van der Waals surface area contributed by atoms with Crippen molar-refractivity contribution in [2.24, 2.45) is 0 Å². The minimum Gasteiger partial charge on any atom is -0.212 e. The van der Waals surface area contributed by atoms with Gasteiger partial charge in [-0.05, 0) is 59.2 Å². The van der Waals surface area contributed by atoms with Crippen LogP contribution in [0.4, 0.5) is 0 Å². The average molecular weight is 507 g/mol. The number of aryl methyl sites for hydroxylation is 1. The van der Waals surface area contributed by atoms with E-state index in [-0.39, 0.29) is 0 Å². The maximum atomic E-state index is 13.3. The molecular weight excluding hydrogens is 468 g/mol. The molecule has 1 aliphatic carbocycles. The standard InChI is InChI=1S/C31H38O2S2/c1-2-3-4-5-6-7-8-9-10-12-17-25-22-23-29-28-21-16-15-18-26(28)24-30(29)31(25)34-35(32,33)27-19-13-11-14-20-27/h11,13-16,18-23H,2-10,12,17,24H2,1H3. The van der Waals surface area contributed by atoms with E-state index >= 15 is 0 Å². The summed E-state index contributed by atoms with van der Waals surface area (Å²) in [5, 5.41) is 0. The lowest BCUT2D eigenvalue weighted by Crippen LogP contribution is -2.01. The van der Waals surface area contributed by atoms with Gasteiger partial charge in [0.05, 0.1) is 4.90 Å². The van der Waals surface area contributed by atoms with Crippen LogP contribution >= 0.6 is 10.8 Å². The first-order valence-electron chi connectivity index (χ1n) is 13.3. The van der Waals surface area contributed by atoms with Gasteiger partial charge in [-0.25, -0.2) is 8.42 Å². The van der Waals surface area contributed by atoms with E-state index in [4.69, 9.17) is 0 Å². The largest absolute Gasteiger partial charge is 0.234 e. The molecule has 0 saturated heterocycles. The Morgan fingerprint density at radius 1 is 0.686 bits per heavy atom. The Morgan fingerprint density at radius 3 is 2.03 bits per heavy atom. The fraction of sp³-hybridized carbons (Fsp3) is 0.419. The number of unbranched alkanes of at least 4 members (excludes halogenated alkanes) is 9. The zero-order valence-corrected chi connectivity index (χ0v) is 22.6. The third kappa shape index (κ3) is 6.80. The molecule has 4 rings (SSSR count). The van der Waals surface area contributed by atoms with Gasteiger partial charge in [-0.2, -0.15) is 0 Å². The lowest BCUT2D eigenvalue weighted by Gasteiger charge is -2.15. The molecule has 0 bridgehead atoms. The quantitative estimate of drug-likeness (QED) is 0.126. The van der Waals surface area contributed by atoms with Crippen molar-refractivity contribution in [1.29, 1.82) is 0 Å². The highest BCUT2D eigenvalue weighted by molar-refractivity contribution is 8.72. The van der Waals surface area contributed by atoms with E-state index < -0.39 is 8.87 Å². The Bertz CT molecular complexity index is 1200. The third-order valence-electron chi connectivity index (χ3n) is 7.04. The van der Waals surface area contributed by atoms with Crippen molar-refractivity contribution in [3.8, 4) is 11.1 Å². The molecule has 0 heterocycles. The number of benzene rings is 3. The molecule has 0 amide bonds. The van der Waals surface area contributed by atoms with Crippen LogP contribution in [0, 0.1) is 0 Å². The van der Waals surface area contributed by atoms with E-state index in [0.717, 1.165) is 35.0 Å². The molecule has 4 heteroatoms. The number of hydrogen-bond donors (Lipinski definition) is 0. The summed E-state index contributed by atoms with van der Waals surface area (Å²) in [7, 11) is -2.43. The number of hydrogen-bond acceptors (Lipinski definition) is 3. The van der Waals surface area contributed by atoms with Gasteiger partial charge in [-0.15, -0.1) is 0 Å². The van der Waals surface area contributed by atoms with Crippen molar-refractivity contribution in [3.05, 3.63) is 83.4 Å². The fourth-order valence-electron chi connectivity index (χ4n) is 5.08. The zero-order chi connectivity index (χ0) is 24.5. The second kappa shape index (κ2) is 12.8. The Balaban J connectivity index is 1.44. The zero-order valence-electron chi connectivity index (χ0n) is 21.0. The molecule has 186 valence electrons. The van der Waals surface area contributed by atoms with Crippen LogP contribution in [0.15, 0.2) is 76.5 Å². The highest BCUT2D eigenvalue weighted by atomic mass is 33.1. The van der Waals surface area contributed by atoms with Gasteiger partial charge >= 0.3 is 0 Å². The normalized spacial score (nSPS) is 12.5. The van der Waals surface area contributed by atoms with Crippen molar-refractivity contribution in [1.82, 2.24) is 0 Å². The predicted octanol–water partition coefficient (Wildman–Crippen LogP) is 9.20. The van der Waals surface area contributed by atoms with Gasteiger partial charge in [0, 0.05) is 15.7 Å². The summed E-state index contributed by atoms with van der Waals surface area (Å²) < 4.78 is 26.7. The lowest BCUT2D eigenvalue weighted by molar-refractivity contribution is 0.556. The van der Waals surface area contributed by atoms with E-state index in [1.807, 2.05) is 6.07 Å². The molecule has 0 spiro atoms. The maximum absolute atomic E-state index is 13.3. The van der Waals surface area contributed by atoms with Gasteiger partial charge in [-0.3, -0.25) is 0 Å². The molecule has 0 aliphatic heterocycles. The van der Waals surface area contributed by atoms with Crippen LogP contribution in [0.5, 0.6) is 0 Å². The third-order valence-corrected chi connectivity index (χ3v) is 10.5. The van der Waals surface area contributed by atoms with Crippen molar-refractivity contribution in [2.45, 2.75) is 93.8 Å². The van der Waals surface area contributed by atoms with E-state index in [9.17, 15) is 8.42 Å². The molecule has 0 fully saturated rings. The SMILES string of the molecule is CCCCCCCCCCCCc1ccc2c(c1SS(=O)(=O)c1ccccc1)Cc1ccccc1-2. The molecule has 0 N–H and O–H groups in total. The molecule has 0 radical (unpaired) electrons. The summed E-state index contributed by atoms with van der Waals surface area (Å²) in [5.74, 6) is 0. The maximum Gasteiger partial charge on any atom is 0.234 e. The minimum atomic E-state index is -3.48. The predicted molar refractivity (Wildman–Crippen MR) is 150 cm³/mol. The number of rotatable bonds is 14. The summed E-state index contributed by atoms with van der Waals surface area (Å²) in [5.41, 5.74) is 6.09. The first-order valence-corrected chi connectivity index (χ1v) is 16.1. The first-order chi connectivity index (χ1) is 17.1.